The molecule has 13 aromatic rings. The molecular weight excluding hydrogens is 1570 g/mol. The topological polar surface area (TPSA) is 19.4 Å². The Morgan fingerprint density at radius 2 is 0.432 bits per heavy atom. The third-order valence-electron chi connectivity index (χ3n) is 31.9. The van der Waals surface area contributed by atoms with E-state index in [-0.39, 0.29) is 29.1 Å². The maximum Gasteiger partial charge on any atom is 0.252 e. The molecule has 6 saturated carbocycles. The number of hydrogen-bond acceptors (Lipinski definition) is 6. The molecule has 125 heavy (non-hydrogen) atoms. The molecule has 0 spiro atoms. The van der Waals surface area contributed by atoms with Gasteiger partial charge in [-0.1, -0.05) is 206 Å². The summed E-state index contributed by atoms with van der Waals surface area (Å²) in [4.78, 5) is 11.5. The van der Waals surface area contributed by atoms with Crippen molar-refractivity contribution in [2.24, 2.45) is 35.5 Å². The Bertz CT molecular complexity index is 6130. The van der Waals surface area contributed by atoms with Crippen LogP contribution in [0.1, 0.15) is 169 Å². The van der Waals surface area contributed by atoms with Crippen LogP contribution in [0.25, 0.3) is 0 Å². The fourth-order valence-electron chi connectivity index (χ4n) is 26.7. The molecule has 6 unspecified atom stereocenters. The summed E-state index contributed by atoms with van der Waals surface area (Å²) in [6.45, 7) is -2.35. The van der Waals surface area contributed by atoms with E-state index in [0.29, 0.717) is 108 Å². The smallest absolute Gasteiger partial charge is 0.252 e. The molecule has 6 aliphatic carbocycles. The van der Waals surface area contributed by atoms with Gasteiger partial charge in [0.25, 0.3) is 20.1 Å². The summed E-state index contributed by atoms with van der Waals surface area (Å²) in [5, 5.41) is 0. The fourth-order valence-corrected chi connectivity index (χ4v) is 26.7. The molecule has 6 nitrogen and oxygen atoms in total. The van der Waals surface area contributed by atoms with Crippen molar-refractivity contribution in [2.45, 2.75) is 153 Å². The molecular formula is C108H91B3F8N6. The van der Waals surface area contributed by atoms with Crippen LogP contribution in [0.5, 0.6) is 0 Å². The van der Waals surface area contributed by atoms with E-state index in [1.54, 1.807) is 19.6 Å². The van der Waals surface area contributed by atoms with Crippen molar-refractivity contribution in [2.75, 3.05) is 29.4 Å². The van der Waals surface area contributed by atoms with Crippen LogP contribution in [0.4, 0.5) is 137 Å². The van der Waals surface area contributed by atoms with E-state index >= 15 is 35.1 Å². The van der Waals surface area contributed by atoms with E-state index in [4.69, 9.17) is 0 Å². The van der Waals surface area contributed by atoms with Crippen LogP contribution in [0.2, 0.25) is 0 Å². The molecule has 13 aromatic carbocycles. The highest BCUT2D eigenvalue weighted by atomic mass is 19.2. The zero-order valence-corrected chi connectivity index (χ0v) is 69.6. The van der Waals surface area contributed by atoms with Crippen LogP contribution < -0.4 is 78.6 Å². The van der Waals surface area contributed by atoms with Gasteiger partial charge in [0.1, 0.15) is 69.3 Å². The number of hydrogen-bond donors (Lipinski definition) is 0. The van der Waals surface area contributed by atoms with Crippen molar-refractivity contribution in [1.82, 2.24) is 0 Å². The van der Waals surface area contributed by atoms with Crippen molar-refractivity contribution in [1.29, 1.82) is 0 Å². The van der Waals surface area contributed by atoms with E-state index in [1.165, 1.54) is 111 Å². The normalized spacial score (nSPS) is 22.6. The zero-order valence-electron chi connectivity index (χ0n) is 69.6. The number of halogens is 8. The molecule has 6 heterocycles. The van der Waals surface area contributed by atoms with Gasteiger partial charge in [0.2, 0.25) is 0 Å². The van der Waals surface area contributed by atoms with Gasteiger partial charge < -0.3 is 29.4 Å². The Hall–Kier alpha value is -11.7. The summed E-state index contributed by atoms with van der Waals surface area (Å²) < 4.78 is 148. The van der Waals surface area contributed by atoms with Crippen molar-refractivity contribution < 1.29 is 35.1 Å². The van der Waals surface area contributed by atoms with Gasteiger partial charge in [0.15, 0.2) is 0 Å². The molecule has 618 valence electrons. The van der Waals surface area contributed by atoms with Crippen LogP contribution in [0, 0.1) is 82.0 Å². The molecule has 0 bridgehead atoms. The van der Waals surface area contributed by atoms with E-state index in [2.05, 4.69) is 119 Å². The second kappa shape index (κ2) is 29.5. The number of fused-ring (bicyclic) bond motifs is 15. The Morgan fingerprint density at radius 3 is 0.696 bits per heavy atom. The van der Waals surface area contributed by atoms with Crippen LogP contribution in [0.15, 0.2) is 243 Å². The van der Waals surface area contributed by atoms with Crippen molar-refractivity contribution in [3.63, 3.8) is 0 Å². The predicted octanol–water partition coefficient (Wildman–Crippen LogP) is 24.3. The Labute approximate surface area is 725 Å². The zero-order chi connectivity index (χ0) is 83.5. The average molecular weight is 1660 g/mol. The summed E-state index contributed by atoms with van der Waals surface area (Å²) in [5.41, 5.74) is 16.4. The third kappa shape index (κ3) is 11.7. The van der Waals surface area contributed by atoms with Gasteiger partial charge in [0.05, 0.1) is 0 Å². The van der Waals surface area contributed by atoms with Crippen LogP contribution in [-0.2, 0) is 0 Å². The summed E-state index contributed by atoms with van der Waals surface area (Å²) in [6.07, 6.45) is 22.7. The molecule has 6 atom stereocenters. The van der Waals surface area contributed by atoms with Gasteiger partial charge in [-0.25, -0.2) is 35.1 Å². The first kappa shape index (κ1) is 75.8. The lowest BCUT2D eigenvalue weighted by Gasteiger charge is -2.48. The molecule has 0 N–H and O–H groups in total. The molecule has 6 aliphatic heterocycles. The predicted molar refractivity (Wildman–Crippen MR) is 494 cm³/mol. The number of benzene rings is 13. The first-order chi connectivity index (χ1) is 61.3. The van der Waals surface area contributed by atoms with Gasteiger partial charge in [-0.05, 0) is 291 Å². The summed E-state index contributed by atoms with van der Waals surface area (Å²) in [5.74, 6) is -3.81. The van der Waals surface area contributed by atoms with E-state index in [1.807, 2.05) is 60.7 Å². The lowest BCUT2D eigenvalue weighted by atomic mass is 9.29. The fraction of sp³-hybridized carbons (Fsp3) is 0.278. The van der Waals surface area contributed by atoms with Gasteiger partial charge in [-0.2, -0.15) is 0 Å². The minimum absolute atomic E-state index is 0.114. The Morgan fingerprint density at radius 1 is 0.200 bits per heavy atom. The van der Waals surface area contributed by atoms with Gasteiger partial charge in [-0.15, -0.1) is 0 Å². The first-order valence-electron chi connectivity index (χ1n) is 46.1. The maximum absolute atomic E-state index is 18.6. The largest absolute Gasteiger partial charge is 0.311 e. The Kier molecular flexibility index (Phi) is 17.9. The standard InChI is InChI=1S/C108H91B3F8N6/c112-82-36-20-37-83(113)105(82)122-92-60-94-80(58-78(92)109-76-34-16-18-44-90(76)120(74-30-12-4-13-31-74)96-52-71(54-98(122)102(96)109)68-46-62-24-6-1-7-25-63(62)47-68)111-81-59-79-93(61-95(81)125(108-88(118)42-23-43-89(108)119)101-57-73(70-50-66-28-10-3-11-29-67(66)51-70)56-100(104(101)111)124(94)107-86(116)40-22-41-87(107)117)123(106-84(114)38-21-39-85(106)115)99-55-72(69-48-64-26-8-2-9-27-65(64)49-69)53-97-103(99)110(79)77-35-17-19-45-91(77)121(97)75-32-14-5-15-33-75/h4-5,12-23,30-45,52-70H,1-3,6-11,24-29,46-51H2. The lowest BCUT2D eigenvalue weighted by Crippen LogP contribution is -2.67. The molecule has 0 amide bonds. The second-order valence-corrected chi connectivity index (χ2v) is 38.2. The maximum atomic E-state index is 18.6. The Balaban J connectivity index is 0.813. The first-order valence-corrected chi connectivity index (χ1v) is 46.1. The summed E-state index contributed by atoms with van der Waals surface area (Å²) in [7, 11) is 0. The van der Waals surface area contributed by atoms with Gasteiger partial charge >= 0.3 is 0 Å². The summed E-state index contributed by atoms with van der Waals surface area (Å²) in [6, 6.07) is 74.5. The van der Waals surface area contributed by atoms with Crippen LogP contribution in [-0.4, -0.2) is 20.1 Å². The van der Waals surface area contributed by atoms with Gasteiger partial charge in [0, 0.05) is 79.6 Å². The SMILES string of the molecule is Fc1cccc(F)c1N1c2cc3c(cc2B2c4ccccc4N(c4ccccc4)c4cc(C5CC6CCCCCC6C5)cc1c42)B1c2cc4c(cc2N(c2c(F)cccc2F)c2cc(C5CC6CCCCCC6C5)cc(c21)N3c1c(F)cccc1F)N(c1c(F)cccc1F)c1cc(C2CC3CCCCCC3C2)cc2c1B4c1ccccc1N2c1ccccc1. The summed E-state index contributed by atoms with van der Waals surface area (Å²) >= 11 is 0. The number of anilines is 18. The number of para-hydroxylation sites is 8. The van der Waals surface area contributed by atoms with Crippen molar-refractivity contribution in [3.8, 4) is 0 Å². The molecule has 0 aromatic heterocycles. The third-order valence-corrected chi connectivity index (χ3v) is 31.9. The highest BCUT2D eigenvalue weighted by Gasteiger charge is 2.55. The van der Waals surface area contributed by atoms with E-state index in [0.717, 1.165) is 169 Å². The van der Waals surface area contributed by atoms with Crippen LogP contribution >= 0.6 is 0 Å². The molecule has 25 rings (SSSR count). The molecule has 17 heteroatoms. The average Bonchev–Trinajstić information content (AvgIpc) is 0.951. The van der Waals surface area contributed by atoms with Crippen LogP contribution in [0.3, 0.4) is 0 Å². The number of nitrogens with zero attached hydrogens (tertiary/aromatic N) is 6. The quantitative estimate of drug-likeness (QED) is 0.105. The van der Waals surface area contributed by atoms with Crippen molar-refractivity contribution in [3.05, 3.63) is 306 Å². The molecule has 6 fully saturated rings. The molecule has 0 radical (unpaired) electrons. The van der Waals surface area contributed by atoms with Gasteiger partial charge in [-0.3, -0.25) is 0 Å². The minimum atomic E-state index is -1.00. The molecule has 12 aliphatic rings. The van der Waals surface area contributed by atoms with Crippen molar-refractivity contribution >= 4 is 172 Å². The number of rotatable bonds is 9. The lowest BCUT2D eigenvalue weighted by molar-refractivity contribution is 0.367. The van der Waals surface area contributed by atoms with E-state index < -0.39 is 78.1 Å². The monoisotopic (exact) mass is 1660 g/mol. The van der Waals surface area contributed by atoms with E-state index in [9.17, 15) is 0 Å². The highest BCUT2D eigenvalue weighted by molar-refractivity contribution is 7.04. The second-order valence-electron chi connectivity index (χ2n) is 38.2. The highest BCUT2D eigenvalue weighted by Crippen LogP contribution is 2.59. The molecule has 0 saturated heterocycles. The minimum Gasteiger partial charge on any atom is -0.311 e.